The Bertz CT molecular complexity index is 23.4. The fourth-order valence-corrected chi connectivity index (χ4v) is 1.01. The predicted molar refractivity (Wildman–Crippen MR) is 36.1 cm³/mol. The first kappa shape index (κ1) is 7.52. The molecule has 0 unspecified atom stereocenters. The molecule has 0 N–H and O–H groups in total. The van der Waals surface area contributed by atoms with Gasteiger partial charge in [-0.25, -0.2) is 0 Å². The molecule has 0 nitrogen and oxygen atoms in total. The summed E-state index contributed by atoms with van der Waals surface area (Å²) in [4.78, 5) is 0. The van der Waals surface area contributed by atoms with Crippen LogP contribution in [0.5, 0.6) is 0 Å². The maximum absolute atomic E-state index is 2.62. The van der Waals surface area contributed by atoms with E-state index in [0.29, 0.717) is 0 Å². The molecule has 7 heavy (non-hydrogen) atoms. The summed E-state index contributed by atoms with van der Waals surface area (Å²) in [5.74, 6) is 0. The number of rotatable bonds is 4. The number of unbranched alkanes of at least 4 members (excludes halogenated alkanes) is 3. The van der Waals surface area contributed by atoms with E-state index in [1.165, 1.54) is 31.0 Å². The zero-order valence-electron chi connectivity index (χ0n) is 4.98. The van der Waals surface area contributed by atoms with E-state index in [0.717, 1.165) is 0 Å². The summed E-state index contributed by atoms with van der Waals surface area (Å²) in [6.07, 6.45) is 5.59. The van der Waals surface area contributed by atoms with Gasteiger partial charge < -0.3 is 0 Å². The van der Waals surface area contributed by atoms with Crippen LogP contribution in [0, 0.1) is 0 Å². The second-order valence-electron chi connectivity index (χ2n) is 1.78. The van der Waals surface area contributed by atoms with Gasteiger partial charge in [-0.2, -0.15) is 0 Å². The molecule has 0 aromatic rings. The molecule has 0 atom stereocenters. The third kappa shape index (κ3) is 6.52. The molecule has 0 saturated carbocycles. The molecule has 0 aromatic heterocycles. The summed E-state index contributed by atoms with van der Waals surface area (Å²) >= 11 is 2.62. The fourth-order valence-electron chi connectivity index (χ4n) is 0.539. The van der Waals surface area contributed by atoms with Gasteiger partial charge in [0, 0.05) is 0 Å². The van der Waals surface area contributed by atoms with Crippen LogP contribution in [0.25, 0.3) is 0 Å². The molecule has 0 aliphatic heterocycles. The van der Waals surface area contributed by atoms with Gasteiger partial charge in [-0.3, -0.25) is 0 Å². The van der Waals surface area contributed by atoms with Gasteiger partial charge in [-0.05, 0) is 0 Å². The molecule has 0 heterocycles. The molecule has 0 amide bonds. The molecule has 0 saturated heterocycles. The van der Waals surface area contributed by atoms with E-state index in [1.54, 1.807) is 0 Å². The van der Waals surface area contributed by atoms with Crippen molar-refractivity contribution in [3.63, 3.8) is 0 Å². The summed E-state index contributed by atoms with van der Waals surface area (Å²) in [5, 5.41) is 1.30. The number of hydrogen-bond acceptors (Lipinski definition) is 0. The molecule has 44 valence electrons. The van der Waals surface area contributed by atoms with Crippen molar-refractivity contribution in [3.8, 4) is 0 Å². The van der Waals surface area contributed by atoms with E-state index in [2.05, 4.69) is 22.9 Å². The van der Waals surface area contributed by atoms with Crippen molar-refractivity contribution in [3.05, 3.63) is 0 Å². The normalized spacial score (nSPS) is 9.43. The van der Waals surface area contributed by atoms with Gasteiger partial charge in [-0.1, -0.05) is 0 Å². The van der Waals surface area contributed by atoms with Gasteiger partial charge in [0.2, 0.25) is 0 Å². The van der Waals surface area contributed by atoms with Crippen molar-refractivity contribution in [2.75, 3.05) is 0 Å². The van der Waals surface area contributed by atoms with E-state index < -0.39 is 0 Å². The van der Waals surface area contributed by atoms with Crippen molar-refractivity contribution < 1.29 is 0 Å². The van der Waals surface area contributed by atoms with Crippen LogP contribution in [0.1, 0.15) is 32.6 Å². The topological polar surface area (TPSA) is 0 Å². The van der Waals surface area contributed by atoms with Crippen LogP contribution in [0.3, 0.4) is 0 Å². The predicted octanol–water partition coefficient (Wildman–Crippen LogP) is 1.89. The van der Waals surface area contributed by atoms with Gasteiger partial charge >= 0.3 is 53.9 Å². The Hall–Kier alpha value is 0.519. The zero-order valence-corrected chi connectivity index (χ0v) is 6.86. The monoisotopic (exact) mass is 166 g/mol. The third-order valence-corrected chi connectivity index (χ3v) is 1.68. The quantitative estimate of drug-likeness (QED) is 0.440. The Morgan fingerprint density at radius 3 is 2.29 bits per heavy atom. The van der Waals surface area contributed by atoms with Crippen LogP contribution >= 0.6 is 0 Å². The van der Waals surface area contributed by atoms with Crippen LogP contribution in [0.2, 0.25) is 5.32 Å². The molecule has 0 rings (SSSR count). The molecule has 1 heteroatoms. The first-order valence-corrected chi connectivity index (χ1v) is 4.35. The van der Waals surface area contributed by atoms with E-state index >= 15 is 0 Å². The zero-order chi connectivity index (χ0) is 5.54. The van der Waals surface area contributed by atoms with Gasteiger partial charge in [-0.15, -0.1) is 0 Å². The van der Waals surface area contributed by atoms with Crippen molar-refractivity contribution in [2.45, 2.75) is 37.9 Å². The summed E-state index contributed by atoms with van der Waals surface area (Å²) < 4.78 is 0. The average molecular weight is 165 g/mol. The Morgan fingerprint density at radius 2 is 1.86 bits per heavy atom. The maximum atomic E-state index is 2.62. The Labute approximate surface area is 54.5 Å². The Balaban J connectivity index is 2.45. The summed E-state index contributed by atoms with van der Waals surface area (Å²) in [6.45, 7) is 2.24. The second kappa shape index (κ2) is 6.52. The van der Waals surface area contributed by atoms with E-state index in [-0.39, 0.29) is 0 Å². The van der Waals surface area contributed by atoms with Crippen molar-refractivity contribution >= 4 is 16.0 Å². The van der Waals surface area contributed by atoms with Crippen molar-refractivity contribution in [1.29, 1.82) is 0 Å². The SMILES string of the molecule is CCCCCC[SeH]. The summed E-state index contributed by atoms with van der Waals surface area (Å²) in [6, 6.07) is 0. The molecule has 0 aliphatic carbocycles. The van der Waals surface area contributed by atoms with Crippen molar-refractivity contribution in [2.24, 2.45) is 0 Å². The summed E-state index contributed by atoms with van der Waals surface area (Å²) in [5.41, 5.74) is 0. The van der Waals surface area contributed by atoms with Gasteiger partial charge in [0.1, 0.15) is 0 Å². The van der Waals surface area contributed by atoms with Crippen LogP contribution in [-0.2, 0) is 0 Å². The molecule has 0 fully saturated rings. The van der Waals surface area contributed by atoms with E-state index in [9.17, 15) is 0 Å². The standard InChI is InChI=1S/C6H14Se/c1-2-3-4-5-6-7/h7H,2-6H2,1H3. The summed E-state index contributed by atoms with van der Waals surface area (Å²) in [7, 11) is 0. The van der Waals surface area contributed by atoms with Crippen molar-refractivity contribution in [1.82, 2.24) is 0 Å². The van der Waals surface area contributed by atoms with Gasteiger partial charge in [0.15, 0.2) is 0 Å². The van der Waals surface area contributed by atoms with Crippen LogP contribution in [-0.4, -0.2) is 16.0 Å². The Kier molecular flexibility index (Phi) is 7.00. The molecule has 0 aromatic carbocycles. The van der Waals surface area contributed by atoms with Crippen LogP contribution < -0.4 is 0 Å². The Morgan fingerprint density at radius 1 is 1.14 bits per heavy atom. The minimum absolute atomic E-state index is 1.30. The van der Waals surface area contributed by atoms with Gasteiger partial charge in [0.05, 0.1) is 0 Å². The van der Waals surface area contributed by atoms with Crippen LogP contribution in [0.15, 0.2) is 0 Å². The fraction of sp³-hybridized carbons (Fsp3) is 1.00. The first-order valence-electron chi connectivity index (χ1n) is 3.02. The van der Waals surface area contributed by atoms with Crippen LogP contribution in [0.4, 0.5) is 0 Å². The molecular formula is C6H14Se. The van der Waals surface area contributed by atoms with Gasteiger partial charge in [0.25, 0.3) is 0 Å². The first-order chi connectivity index (χ1) is 3.41. The molecular weight excluding hydrogens is 151 g/mol. The minimum atomic E-state index is 1.30. The molecule has 0 bridgehead atoms. The van der Waals surface area contributed by atoms with E-state index in [1.807, 2.05) is 0 Å². The average Bonchev–Trinajstić information content (AvgIpc) is 1.69. The number of hydrogen-bond donors (Lipinski definition) is 0. The van der Waals surface area contributed by atoms with E-state index in [4.69, 9.17) is 0 Å². The third-order valence-electron chi connectivity index (χ3n) is 1.01. The molecule has 0 radical (unpaired) electrons. The second-order valence-corrected chi connectivity index (χ2v) is 2.72. The molecule has 0 spiro atoms. The molecule has 0 aliphatic rings.